The molecular weight excluding hydrogens is 440 g/mol. The van der Waals surface area contributed by atoms with Gasteiger partial charge in [-0.05, 0) is 50.2 Å². The molecule has 8 nitrogen and oxygen atoms in total. The van der Waals surface area contributed by atoms with E-state index in [1.807, 2.05) is 30.0 Å². The summed E-state index contributed by atoms with van der Waals surface area (Å²) in [5.74, 6) is 0.390. The Balaban J connectivity index is 1.13. The lowest BCUT2D eigenvalue weighted by atomic mass is 9.81. The molecule has 3 aromatic rings. The molecule has 0 bridgehead atoms. The second kappa shape index (κ2) is 9.23. The molecule has 1 saturated heterocycles. The first-order chi connectivity index (χ1) is 16.0. The van der Waals surface area contributed by atoms with Crippen molar-refractivity contribution in [3.8, 4) is 0 Å². The van der Waals surface area contributed by atoms with E-state index in [9.17, 15) is 14.4 Å². The zero-order valence-corrected chi connectivity index (χ0v) is 19.5. The number of para-hydroxylation sites is 1. The number of aryl methyl sites for hydroxylation is 1. The Morgan fingerprint density at radius 3 is 2.64 bits per heavy atom. The molecule has 0 atom stereocenters. The largest absolute Gasteiger partial charge is 0.380 e. The summed E-state index contributed by atoms with van der Waals surface area (Å²) in [6.45, 7) is 5.08. The van der Waals surface area contributed by atoms with E-state index in [2.05, 4.69) is 15.6 Å². The van der Waals surface area contributed by atoms with E-state index in [1.54, 1.807) is 0 Å². The van der Waals surface area contributed by atoms with Crippen LogP contribution < -0.4 is 26.4 Å². The maximum atomic E-state index is 12.8. The van der Waals surface area contributed by atoms with Gasteiger partial charge in [0.2, 0.25) is 5.91 Å². The van der Waals surface area contributed by atoms with Crippen LogP contribution in [0, 0.1) is 18.8 Å². The first-order valence-electron chi connectivity index (χ1n) is 11.6. The number of hydrogen-bond donors (Lipinski definition) is 2. The van der Waals surface area contributed by atoms with Crippen LogP contribution in [0.3, 0.4) is 0 Å². The number of nitrogens with one attached hydrogen (secondary N) is 2. The third-order valence-electron chi connectivity index (χ3n) is 6.85. The molecule has 0 unspecified atom stereocenters. The number of carbonyl (C=O) groups is 1. The minimum absolute atomic E-state index is 0.0237. The van der Waals surface area contributed by atoms with Crippen molar-refractivity contribution in [2.75, 3.05) is 48.4 Å². The minimum Gasteiger partial charge on any atom is -0.380 e. The second-order valence-electron chi connectivity index (χ2n) is 9.01. The second-order valence-corrected chi connectivity index (χ2v) is 10.0. The predicted molar refractivity (Wildman–Crippen MR) is 131 cm³/mol. The fourth-order valence-electron chi connectivity index (χ4n) is 4.85. The van der Waals surface area contributed by atoms with Crippen molar-refractivity contribution in [1.82, 2.24) is 4.98 Å². The Bertz CT molecular complexity index is 1230. The number of benzene rings is 1. The molecule has 2 aromatic carbocycles. The molecule has 1 aliphatic carbocycles. The van der Waals surface area contributed by atoms with Crippen LogP contribution in [0.4, 0.5) is 16.5 Å². The average molecular weight is 469 g/mol. The van der Waals surface area contributed by atoms with Gasteiger partial charge in [0.1, 0.15) is 11.4 Å². The van der Waals surface area contributed by atoms with Gasteiger partial charge >= 0.3 is 0 Å². The molecule has 1 saturated carbocycles. The van der Waals surface area contributed by atoms with Crippen LogP contribution in [0.5, 0.6) is 0 Å². The smallest absolute Gasteiger partial charge is 0.253 e. The van der Waals surface area contributed by atoms with Crippen molar-refractivity contribution in [2.45, 2.75) is 32.6 Å². The van der Waals surface area contributed by atoms with E-state index in [0.717, 1.165) is 41.5 Å². The zero-order valence-electron chi connectivity index (χ0n) is 18.7. The van der Waals surface area contributed by atoms with Crippen molar-refractivity contribution < 1.29 is 9.53 Å². The summed E-state index contributed by atoms with van der Waals surface area (Å²) >= 11 is 1.51. The van der Waals surface area contributed by atoms with Crippen molar-refractivity contribution >= 4 is 44.0 Å². The van der Waals surface area contributed by atoms with Crippen molar-refractivity contribution in [3.05, 3.63) is 44.2 Å². The van der Waals surface area contributed by atoms with Gasteiger partial charge in [-0.25, -0.2) is 4.98 Å². The van der Waals surface area contributed by atoms with Gasteiger partial charge < -0.3 is 20.3 Å². The van der Waals surface area contributed by atoms with Crippen LogP contribution in [0.15, 0.2) is 27.8 Å². The molecule has 2 N–H and O–H groups in total. The molecule has 2 fully saturated rings. The fourth-order valence-corrected chi connectivity index (χ4v) is 5.80. The number of aromatic nitrogens is 1. The van der Waals surface area contributed by atoms with Crippen LogP contribution in [-0.4, -0.2) is 43.7 Å². The van der Waals surface area contributed by atoms with Gasteiger partial charge in [0.15, 0.2) is 5.13 Å². The summed E-state index contributed by atoms with van der Waals surface area (Å²) in [5.41, 5.74) is 2.20. The molecule has 0 radical (unpaired) electrons. The number of carbonyl (C=O) groups excluding carboxylic acids is 1. The quantitative estimate of drug-likeness (QED) is 0.537. The maximum absolute atomic E-state index is 12.8. The Hall–Kier alpha value is -2.78. The molecule has 0 spiro atoms. The average Bonchev–Trinajstić information content (AvgIpc) is 3.26. The van der Waals surface area contributed by atoms with Gasteiger partial charge in [0, 0.05) is 25.6 Å². The Labute approximate surface area is 195 Å². The van der Waals surface area contributed by atoms with Gasteiger partial charge in [0.05, 0.1) is 23.4 Å². The number of nitrogens with zero attached hydrogens (tertiary/aromatic N) is 2. The highest BCUT2D eigenvalue weighted by Crippen LogP contribution is 2.32. The van der Waals surface area contributed by atoms with E-state index in [4.69, 9.17) is 4.74 Å². The first-order valence-corrected chi connectivity index (χ1v) is 12.4. The highest BCUT2D eigenvalue weighted by molar-refractivity contribution is 7.22. The lowest BCUT2D eigenvalue weighted by Gasteiger charge is -2.32. The molecular formula is C24H28N4O4S. The van der Waals surface area contributed by atoms with Gasteiger partial charge in [-0.15, -0.1) is 0 Å². The summed E-state index contributed by atoms with van der Waals surface area (Å²) in [4.78, 5) is 43.5. The molecule has 1 amide bonds. The van der Waals surface area contributed by atoms with Crippen LogP contribution in [0.25, 0.3) is 10.2 Å². The first kappa shape index (κ1) is 22.0. The van der Waals surface area contributed by atoms with Gasteiger partial charge in [-0.1, -0.05) is 23.5 Å². The molecule has 2 heterocycles. The van der Waals surface area contributed by atoms with Gasteiger partial charge in [0.25, 0.3) is 10.9 Å². The van der Waals surface area contributed by atoms with E-state index in [0.29, 0.717) is 55.3 Å². The SMILES string of the molecule is Cc1cccc2sc(NC(=O)C3CCC(CNc4c(N5CCOCC5)c(=O)c4=O)CC3)nc12. The highest BCUT2D eigenvalue weighted by atomic mass is 32.1. The number of morpholine rings is 1. The number of amides is 1. The number of ether oxygens (including phenoxy) is 1. The molecule has 9 heteroatoms. The summed E-state index contributed by atoms with van der Waals surface area (Å²) in [5, 5.41) is 6.91. The molecule has 33 heavy (non-hydrogen) atoms. The number of fused-ring (bicyclic) bond motifs is 1. The highest BCUT2D eigenvalue weighted by Gasteiger charge is 2.30. The van der Waals surface area contributed by atoms with Crippen LogP contribution in [0.1, 0.15) is 31.2 Å². The summed E-state index contributed by atoms with van der Waals surface area (Å²) in [6.07, 6.45) is 3.44. The Morgan fingerprint density at radius 2 is 1.91 bits per heavy atom. The lowest BCUT2D eigenvalue weighted by molar-refractivity contribution is -0.121. The summed E-state index contributed by atoms with van der Waals surface area (Å²) < 4.78 is 6.42. The number of rotatable bonds is 6. The topological polar surface area (TPSA) is 101 Å². The standard InChI is InChI=1S/C24H28N4O4S/c1-14-3-2-4-17-18(14)26-24(33-17)27-23(31)16-7-5-15(6-8-16)13-25-19-20(22(30)21(19)29)28-9-11-32-12-10-28/h2-4,15-16,25H,5-13H2,1H3,(H,26,27,31). The summed E-state index contributed by atoms with van der Waals surface area (Å²) in [6, 6.07) is 6.05. The van der Waals surface area contributed by atoms with E-state index in [-0.39, 0.29) is 11.8 Å². The number of anilines is 3. The molecule has 1 aliphatic heterocycles. The van der Waals surface area contributed by atoms with Crippen molar-refractivity contribution in [1.29, 1.82) is 0 Å². The Morgan fingerprint density at radius 1 is 1.15 bits per heavy atom. The third kappa shape index (κ3) is 4.39. The van der Waals surface area contributed by atoms with Crippen molar-refractivity contribution in [2.24, 2.45) is 11.8 Å². The van der Waals surface area contributed by atoms with Crippen LogP contribution in [-0.2, 0) is 9.53 Å². The van der Waals surface area contributed by atoms with Crippen LogP contribution in [0.2, 0.25) is 0 Å². The monoisotopic (exact) mass is 468 g/mol. The zero-order chi connectivity index (χ0) is 22.9. The minimum atomic E-state index is -0.421. The molecule has 5 rings (SSSR count). The van der Waals surface area contributed by atoms with Crippen LogP contribution >= 0.6 is 11.3 Å². The number of hydrogen-bond acceptors (Lipinski definition) is 8. The molecule has 1 aromatic heterocycles. The molecule has 174 valence electrons. The van der Waals surface area contributed by atoms with E-state index < -0.39 is 10.9 Å². The lowest BCUT2D eigenvalue weighted by Crippen LogP contribution is -2.47. The van der Waals surface area contributed by atoms with Gasteiger partial charge in [-0.3, -0.25) is 14.4 Å². The van der Waals surface area contributed by atoms with E-state index in [1.165, 1.54) is 11.3 Å². The van der Waals surface area contributed by atoms with E-state index >= 15 is 0 Å². The number of thiazole rings is 1. The normalized spacial score (nSPS) is 21.4. The maximum Gasteiger partial charge on any atom is 0.253 e. The molecule has 2 aliphatic rings. The van der Waals surface area contributed by atoms with Crippen molar-refractivity contribution in [3.63, 3.8) is 0 Å². The summed E-state index contributed by atoms with van der Waals surface area (Å²) in [7, 11) is 0. The Kier molecular flexibility index (Phi) is 6.16. The fraction of sp³-hybridized carbons (Fsp3) is 0.500. The third-order valence-corrected chi connectivity index (χ3v) is 7.78. The van der Waals surface area contributed by atoms with Gasteiger partial charge in [-0.2, -0.15) is 0 Å². The predicted octanol–water partition coefficient (Wildman–Crippen LogP) is 2.89.